The Balaban J connectivity index is 2.19. The zero-order valence-corrected chi connectivity index (χ0v) is 12.3. The number of unbranched alkanes of at least 4 members (excludes halogenated alkanes) is 4. The summed E-state index contributed by atoms with van der Waals surface area (Å²) in [6, 6.07) is 10.7. The Bertz CT molecular complexity index is 303. The van der Waals surface area contributed by atoms with Crippen molar-refractivity contribution in [2.75, 3.05) is 0 Å². The summed E-state index contributed by atoms with van der Waals surface area (Å²) in [7, 11) is 0. The number of rotatable bonds is 9. The molecule has 1 rings (SSSR count). The molecule has 0 unspecified atom stereocenters. The molecule has 0 aliphatic carbocycles. The first-order valence-corrected chi connectivity index (χ1v) is 7.43. The van der Waals surface area contributed by atoms with E-state index < -0.39 is 0 Å². The minimum absolute atomic E-state index is 0.252. The van der Waals surface area contributed by atoms with Crippen LogP contribution in [0.4, 0.5) is 0 Å². The van der Waals surface area contributed by atoms with Crippen molar-refractivity contribution in [1.29, 1.82) is 0 Å². The van der Waals surface area contributed by atoms with Crippen molar-refractivity contribution in [2.45, 2.75) is 71.4 Å². The fourth-order valence-electron chi connectivity index (χ4n) is 2.20. The van der Waals surface area contributed by atoms with Crippen LogP contribution in [0.1, 0.15) is 64.9 Å². The van der Waals surface area contributed by atoms with Crippen molar-refractivity contribution in [3.63, 3.8) is 0 Å². The van der Waals surface area contributed by atoms with E-state index >= 15 is 0 Å². The van der Waals surface area contributed by atoms with Gasteiger partial charge in [0.25, 0.3) is 0 Å². The maximum absolute atomic E-state index is 3.67. The molecule has 0 saturated heterocycles. The van der Waals surface area contributed by atoms with Crippen molar-refractivity contribution in [3.8, 4) is 0 Å². The molecule has 0 aliphatic heterocycles. The van der Waals surface area contributed by atoms with Crippen LogP contribution in [0.15, 0.2) is 30.3 Å². The van der Waals surface area contributed by atoms with Crippen molar-refractivity contribution in [2.24, 2.45) is 0 Å². The zero-order chi connectivity index (χ0) is 13.3. The molecule has 0 radical (unpaired) electrons. The Labute approximate surface area is 113 Å². The van der Waals surface area contributed by atoms with Gasteiger partial charge in [0.05, 0.1) is 0 Å². The Morgan fingerprint density at radius 1 is 0.944 bits per heavy atom. The van der Waals surface area contributed by atoms with E-state index in [0.717, 1.165) is 6.54 Å². The lowest BCUT2D eigenvalue weighted by molar-refractivity contribution is 0.345. The number of nitrogens with one attached hydrogen (secondary N) is 1. The third-order valence-corrected chi connectivity index (χ3v) is 3.52. The highest BCUT2D eigenvalue weighted by atomic mass is 14.9. The lowest BCUT2D eigenvalue weighted by Gasteiger charge is -2.26. The van der Waals surface area contributed by atoms with Gasteiger partial charge in [-0.15, -0.1) is 0 Å². The van der Waals surface area contributed by atoms with E-state index in [1.807, 2.05) is 0 Å². The molecule has 0 amide bonds. The minimum Gasteiger partial charge on any atom is -0.308 e. The molecule has 0 fully saturated rings. The second-order valence-corrected chi connectivity index (χ2v) is 5.89. The quantitative estimate of drug-likeness (QED) is 0.611. The fraction of sp³-hybridized carbons (Fsp3) is 0.647. The minimum atomic E-state index is 0.252. The van der Waals surface area contributed by atoms with E-state index in [-0.39, 0.29) is 5.54 Å². The summed E-state index contributed by atoms with van der Waals surface area (Å²) >= 11 is 0. The van der Waals surface area contributed by atoms with E-state index in [0.29, 0.717) is 0 Å². The summed E-state index contributed by atoms with van der Waals surface area (Å²) in [6.45, 7) is 7.87. The summed E-state index contributed by atoms with van der Waals surface area (Å²) in [5, 5.41) is 3.67. The number of benzene rings is 1. The van der Waals surface area contributed by atoms with E-state index in [2.05, 4.69) is 56.4 Å². The van der Waals surface area contributed by atoms with Crippen LogP contribution in [0.3, 0.4) is 0 Å². The van der Waals surface area contributed by atoms with E-state index in [1.165, 1.54) is 44.1 Å². The van der Waals surface area contributed by atoms with Crippen molar-refractivity contribution in [3.05, 3.63) is 35.9 Å². The second kappa shape index (κ2) is 8.31. The zero-order valence-electron chi connectivity index (χ0n) is 12.3. The van der Waals surface area contributed by atoms with Gasteiger partial charge in [0.1, 0.15) is 0 Å². The first kappa shape index (κ1) is 15.2. The molecule has 0 atom stereocenters. The standard InChI is InChI=1S/C17H29N/c1-4-5-6-7-11-14-17(2,3)18-15-16-12-9-8-10-13-16/h8-10,12-13,18H,4-7,11,14-15H2,1-3H3. The number of hydrogen-bond acceptors (Lipinski definition) is 1. The molecule has 0 saturated carbocycles. The summed E-state index contributed by atoms with van der Waals surface area (Å²) in [6.07, 6.45) is 8.10. The largest absolute Gasteiger partial charge is 0.308 e. The third kappa shape index (κ3) is 6.80. The van der Waals surface area contributed by atoms with Gasteiger partial charge in [-0.1, -0.05) is 69.4 Å². The van der Waals surface area contributed by atoms with E-state index in [4.69, 9.17) is 0 Å². The Morgan fingerprint density at radius 3 is 2.28 bits per heavy atom. The second-order valence-electron chi connectivity index (χ2n) is 5.89. The van der Waals surface area contributed by atoms with Gasteiger partial charge in [-0.3, -0.25) is 0 Å². The van der Waals surface area contributed by atoms with Crippen LogP contribution in [0.2, 0.25) is 0 Å². The van der Waals surface area contributed by atoms with Crippen LogP contribution in [0, 0.1) is 0 Å². The van der Waals surface area contributed by atoms with Gasteiger partial charge >= 0.3 is 0 Å². The topological polar surface area (TPSA) is 12.0 Å². The average molecular weight is 247 g/mol. The SMILES string of the molecule is CCCCCCCC(C)(C)NCc1ccccc1. The highest BCUT2D eigenvalue weighted by Crippen LogP contribution is 2.16. The first-order valence-electron chi connectivity index (χ1n) is 7.43. The molecule has 0 spiro atoms. The lowest BCUT2D eigenvalue weighted by Crippen LogP contribution is -2.38. The molecule has 1 aromatic rings. The predicted molar refractivity (Wildman–Crippen MR) is 80.7 cm³/mol. The van der Waals surface area contributed by atoms with E-state index in [9.17, 15) is 0 Å². The predicted octanol–water partition coefficient (Wildman–Crippen LogP) is 4.92. The molecule has 1 N–H and O–H groups in total. The lowest BCUT2D eigenvalue weighted by atomic mass is 9.95. The molecule has 1 heteroatoms. The maximum atomic E-state index is 3.67. The molecular weight excluding hydrogens is 218 g/mol. The van der Waals surface area contributed by atoms with Crippen molar-refractivity contribution >= 4 is 0 Å². The molecule has 0 aliphatic rings. The summed E-state index contributed by atoms with van der Waals surface area (Å²) in [4.78, 5) is 0. The van der Waals surface area contributed by atoms with Gasteiger partial charge in [-0.05, 0) is 25.8 Å². The van der Waals surface area contributed by atoms with Crippen LogP contribution in [-0.4, -0.2) is 5.54 Å². The van der Waals surface area contributed by atoms with Gasteiger partial charge in [0, 0.05) is 12.1 Å². The fourth-order valence-corrected chi connectivity index (χ4v) is 2.20. The average Bonchev–Trinajstić information content (AvgIpc) is 2.38. The normalized spacial score (nSPS) is 11.7. The Morgan fingerprint density at radius 2 is 1.61 bits per heavy atom. The maximum Gasteiger partial charge on any atom is 0.0210 e. The van der Waals surface area contributed by atoms with Crippen molar-refractivity contribution < 1.29 is 0 Å². The van der Waals surface area contributed by atoms with Gasteiger partial charge in [-0.2, -0.15) is 0 Å². The van der Waals surface area contributed by atoms with Crippen LogP contribution in [-0.2, 0) is 6.54 Å². The molecule has 1 aromatic carbocycles. The molecule has 0 aromatic heterocycles. The summed E-state index contributed by atoms with van der Waals surface area (Å²) < 4.78 is 0. The van der Waals surface area contributed by atoms with Crippen molar-refractivity contribution in [1.82, 2.24) is 5.32 Å². The van der Waals surface area contributed by atoms with Gasteiger partial charge in [0.15, 0.2) is 0 Å². The summed E-state index contributed by atoms with van der Waals surface area (Å²) in [5.74, 6) is 0. The first-order chi connectivity index (χ1) is 8.64. The monoisotopic (exact) mass is 247 g/mol. The van der Waals surface area contributed by atoms with Crippen LogP contribution < -0.4 is 5.32 Å². The third-order valence-electron chi connectivity index (χ3n) is 3.52. The van der Waals surface area contributed by atoms with Gasteiger partial charge in [0.2, 0.25) is 0 Å². The Hall–Kier alpha value is -0.820. The van der Waals surface area contributed by atoms with E-state index in [1.54, 1.807) is 0 Å². The molecular formula is C17H29N. The molecule has 0 heterocycles. The Kier molecular flexibility index (Phi) is 7.04. The number of hydrogen-bond donors (Lipinski definition) is 1. The van der Waals surface area contributed by atoms with Gasteiger partial charge in [-0.25, -0.2) is 0 Å². The highest BCUT2D eigenvalue weighted by Gasteiger charge is 2.15. The highest BCUT2D eigenvalue weighted by molar-refractivity contribution is 5.14. The summed E-state index contributed by atoms with van der Waals surface area (Å²) in [5.41, 5.74) is 1.62. The molecule has 1 nitrogen and oxygen atoms in total. The molecule has 18 heavy (non-hydrogen) atoms. The smallest absolute Gasteiger partial charge is 0.0210 e. The van der Waals surface area contributed by atoms with Crippen LogP contribution in [0.5, 0.6) is 0 Å². The van der Waals surface area contributed by atoms with Crippen LogP contribution in [0.25, 0.3) is 0 Å². The van der Waals surface area contributed by atoms with Crippen LogP contribution >= 0.6 is 0 Å². The molecule has 102 valence electrons. The molecule has 0 bridgehead atoms. The van der Waals surface area contributed by atoms with Gasteiger partial charge < -0.3 is 5.32 Å².